The molecule has 1 atom stereocenters. The lowest BCUT2D eigenvalue weighted by atomic mass is 9.90. The molecule has 0 aliphatic carbocycles. The van der Waals surface area contributed by atoms with Crippen molar-refractivity contribution in [2.24, 2.45) is 5.92 Å². The first-order valence-corrected chi connectivity index (χ1v) is 6.62. The monoisotopic (exact) mass is 270 g/mol. The lowest BCUT2D eigenvalue weighted by molar-refractivity contribution is 0.0899. The molecule has 106 valence electrons. The predicted octanol–water partition coefficient (Wildman–Crippen LogP) is 4.37. The van der Waals surface area contributed by atoms with Crippen LogP contribution in [0, 0.1) is 17.6 Å². The summed E-state index contributed by atoms with van der Waals surface area (Å²) in [5.41, 5.74) is -0.441. The molecule has 0 radical (unpaired) electrons. The number of carbonyl (C=O) groups is 1. The number of ether oxygens (including phenoxy) is 1. The second-order valence-electron chi connectivity index (χ2n) is 4.58. The third-order valence-corrected chi connectivity index (χ3v) is 3.27. The van der Waals surface area contributed by atoms with Gasteiger partial charge < -0.3 is 4.74 Å². The van der Waals surface area contributed by atoms with Gasteiger partial charge in [-0.05, 0) is 12.8 Å². The van der Waals surface area contributed by atoms with Gasteiger partial charge in [-0.3, -0.25) is 4.79 Å². The molecule has 0 saturated carbocycles. The fraction of sp³-hybridized carbons (Fsp3) is 0.533. The van der Waals surface area contributed by atoms with Gasteiger partial charge in [0, 0.05) is 18.1 Å². The Morgan fingerprint density at radius 1 is 1.26 bits per heavy atom. The summed E-state index contributed by atoms with van der Waals surface area (Å²) in [6, 6.07) is 2.09. The van der Waals surface area contributed by atoms with Gasteiger partial charge in [-0.1, -0.05) is 26.7 Å². The minimum Gasteiger partial charge on any atom is -0.497 e. The zero-order valence-corrected chi connectivity index (χ0v) is 11.6. The molecule has 0 heterocycles. The Bertz CT molecular complexity index is 421. The van der Waals surface area contributed by atoms with E-state index < -0.39 is 23.0 Å². The fourth-order valence-electron chi connectivity index (χ4n) is 2.08. The zero-order valence-electron chi connectivity index (χ0n) is 11.6. The molecule has 1 unspecified atom stereocenters. The van der Waals surface area contributed by atoms with Crippen molar-refractivity contribution in [2.45, 2.75) is 39.5 Å². The van der Waals surface area contributed by atoms with Crippen LogP contribution in [0.4, 0.5) is 8.78 Å². The minimum absolute atomic E-state index is 0.0770. The average molecular weight is 270 g/mol. The van der Waals surface area contributed by atoms with E-state index in [2.05, 4.69) is 0 Å². The molecular weight excluding hydrogens is 250 g/mol. The van der Waals surface area contributed by atoms with E-state index in [1.54, 1.807) is 0 Å². The lowest BCUT2D eigenvalue weighted by Crippen LogP contribution is -2.17. The van der Waals surface area contributed by atoms with Crippen LogP contribution in [-0.2, 0) is 0 Å². The molecule has 0 aromatic heterocycles. The van der Waals surface area contributed by atoms with E-state index in [1.807, 2.05) is 13.8 Å². The third-order valence-electron chi connectivity index (χ3n) is 3.27. The van der Waals surface area contributed by atoms with Crippen molar-refractivity contribution in [2.75, 3.05) is 7.11 Å². The molecule has 0 aliphatic rings. The van der Waals surface area contributed by atoms with E-state index >= 15 is 0 Å². The van der Waals surface area contributed by atoms with E-state index in [0.29, 0.717) is 12.8 Å². The minimum atomic E-state index is -0.850. The molecule has 0 saturated heterocycles. The maximum absolute atomic E-state index is 13.8. The van der Waals surface area contributed by atoms with E-state index in [-0.39, 0.29) is 11.7 Å². The molecule has 1 aromatic carbocycles. The molecule has 0 bridgehead atoms. The SMILES string of the molecule is CCCCC(CC)C(=O)c1c(F)cc(OC)cc1F. The van der Waals surface area contributed by atoms with E-state index in [1.165, 1.54) is 7.11 Å². The molecule has 19 heavy (non-hydrogen) atoms. The van der Waals surface area contributed by atoms with Crippen molar-refractivity contribution in [3.05, 3.63) is 29.3 Å². The Balaban J connectivity index is 3.04. The highest BCUT2D eigenvalue weighted by Gasteiger charge is 2.25. The van der Waals surface area contributed by atoms with Crippen LogP contribution < -0.4 is 4.74 Å². The van der Waals surface area contributed by atoms with Gasteiger partial charge in [0.15, 0.2) is 5.78 Å². The number of methoxy groups -OCH3 is 1. The van der Waals surface area contributed by atoms with Gasteiger partial charge in [-0.15, -0.1) is 0 Å². The highest BCUT2D eigenvalue weighted by molar-refractivity contribution is 5.98. The fourth-order valence-corrected chi connectivity index (χ4v) is 2.08. The summed E-state index contributed by atoms with van der Waals surface area (Å²) in [6.45, 7) is 3.88. The number of carbonyl (C=O) groups excluding carboxylic acids is 1. The van der Waals surface area contributed by atoms with Crippen LogP contribution in [0.3, 0.4) is 0 Å². The summed E-state index contributed by atoms with van der Waals surface area (Å²) in [6.07, 6.45) is 3.08. The third kappa shape index (κ3) is 3.75. The average Bonchev–Trinajstić information content (AvgIpc) is 2.38. The molecule has 1 rings (SSSR count). The van der Waals surface area contributed by atoms with Crippen molar-refractivity contribution in [1.29, 1.82) is 0 Å². The molecule has 0 amide bonds. The van der Waals surface area contributed by atoms with Crippen molar-refractivity contribution in [1.82, 2.24) is 0 Å². The number of benzene rings is 1. The number of rotatable bonds is 7. The van der Waals surface area contributed by atoms with Gasteiger partial charge in [-0.25, -0.2) is 8.78 Å². The summed E-state index contributed by atoms with van der Waals surface area (Å²) >= 11 is 0. The molecule has 2 nitrogen and oxygen atoms in total. The van der Waals surface area contributed by atoms with Gasteiger partial charge in [0.25, 0.3) is 0 Å². The van der Waals surface area contributed by atoms with Gasteiger partial charge in [0.05, 0.1) is 12.7 Å². The number of ketones is 1. The molecular formula is C15H20F2O2. The summed E-state index contributed by atoms with van der Waals surface area (Å²) in [4.78, 5) is 12.2. The first kappa shape index (κ1) is 15.6. The maximum Gasteiger partial charge on any atom is 0.171 e. The van der Waals surface area contributed by atoms with Crippen molar-refractivity contribution >= 4 is 5.78 Å². The van der Waals surface area contributed by atoms with Gasteiger partial charge in [0.1, 0.15) is 17.4 Å². The number of unbranched alkanes of at least 4 members (excludes halogenated alkanes) is 1. The quantitative estimate of drug-likeness (QED) is 0.687. The number of halogens is 2. The topological polar surface area (TPSA) is 26.3 Å². The molecule has 4 heteroatoms. The first-order valence-electron chi connectivity index (χ1n) is 6.62. The predicted molar refractivity (Wildman–Crippen MR) is 70.5 cm³/mol. The zero-order chi connectivity index (χ0) is 14.4. The normalized spacial score (nSPS) is 12.3. The first-order chi connectivity index (χ1) is 9.04. The number of hydrogen-bond acceptors (Lipinski definition) is 2. The van der Waals surface area contributed by atoms with Gasteiger partial charge >= 0.3 is 0 Å². The summed E-state index contributed by atoms with van der Waals surface area (Å²) in [5, 5.41) is 0. The highest BCUT2D eigenvalue weighted by atomic mass is 19.1. The van der Waals surface area contributed by atoms with E-state index in [9.17, 15) is 13.6 Å². The number of hydrogen-bond donors (Lipinski definition) is 0. The van der Waals surface area contributed by atoms with Crippen molar-refractivity contribution < 1.29 is 18.3 Å². The number of Topliss-reactive ketones (excluding diaryl/α,β-unsaturated/α-hetero) is 1. The molecule has 0 aliphatic heterocycles. The standard InChI is InChI=1S/C15H20F2O2/c1-4-6-7-10(5-2)15(18)14-12(16)8-11(19-3)9-13(14)17/h8-10H,4-7H2,1-3H3. The molecule has 0 N–H and O–H groups in total. The lowest BCUT2D eigenvalue weighted by Gasteiger charge is -2.14. The van der Waals surface area contributed by atoms with Crippen molar-refractivity contribution in [3.8, 4) is 5.75 Å². The van der Waals surface area contributed by atoms with Crippen molar-refractivity contribution in [3.63, 3.8) is 0 Å². The molecule has 0 spiro atoms. The highest BCUT2D eigenvalue weighted by Crippen LogP contribution is 2.26. The Morgan fingerprint density at radius 3 is 2.26 bits per heavy atom. The van der Waals surface area contributed by atoms with E-state index in [4.69, 9.17) is 4.74 Å². The van der Waals surface area contributed by atoms with Crippen LogP contribution in [0.25, 0.3) is 0 Å². The molecule has 0 fully saturated rings. The Hall–Kier alpha value is -1.45. The maximum atomic E-state index is 13.8. The second-order valence-corrected chi connectivity index (χ2v) is 4.58. The summed E-state index contributed by atoms with van der Waals surface area (Å²) in [7, 11) is 1.33. The van der Waals surface area contributed by atoms with Crippen LogP contribution in [0.1, 0.15) is 49.9 Å². The van der Waals surface area contributed by atoms with Crippen LogP contribution in [0.2, 0.25) is 0 Å². The largest absolute Gasteiger partial charge is 0.497 e. The van der Waals surface area contributed by atoms with Crippen LogP contribution in [0.5, 0.6) is 5.75 Å². The Kier molecular flexibility index (Phi) is 5.93. The van der Waals surface area contributed by atoms with Crippen LogP contribution in [0.15, 0.2) is 12.1 Å². The van der Waals surface area contributed by atoms with E-state index in [0.717, 1.165) is 25.0 Å². The van der Waals surface area contributed by atoms with Crippen LogP contribution in [-0.4, -0.2) is 12.9 Å². The Labute approximate surface area is 112 Å². The van der Waals surface area contributed by atoms with Crippen LogP contribution >= 0.6 is 0 Å². The molecule has 1 aromatic rings. The summed E-state index contributed by atoms with van der Waals surface area (Å²) < 4.78 is 32.4. The van der Waals surface area contributed by atoms with Gasteiger partial charge in [0.2, 0.25) is 0 Å². The Morgan fingerprint density at radius 2 is 1.84 bits per heavy atom. The summed E-state index contributed by atoms with van der Waals surface area (Å²) in [5.74, 6) is -2.40. The van der Waals surface area contributed by atoms with Gasteiger partial charge in [-0.2, -0.15) is 0 Å². The second kappa shape index (κ2) is 7.22. The smallest absolute Gasteiger partial charge is 0.171 e.